The molecule has 0 saturated carbocycles. The summed E-state index contributed by atoms with van der Waals surface area (Å²) in [7, 11) is 0. The van der Waals surface area contributed by atoms with E-state index in [-0.39, 0.29) is 12.1 Å². The lowest BCUT2D eigenvalue weighted by atomic mass is 10.2. The molecule has 0 aliphatic rings. The summed E-state index contributed by atoms with van der Waals surface area (Å²) in [4.78, 5) is 0. The Bertz CT molecular complexity index is 445. The molecule has 0 aliphatic carbocycles. The van der Waals surface area contributed by atoms with Gasteiger partial charge in [0, 0.05) is 6.92 Å². The van der Waals surface area contributed by atoms with Crippen molar-refractivity contribution >= 4 is 0 Å². The SMILES string of the molecule is Cc1ccc([C@@H](C)N[C@@H](C)c2nnc(C)o2)o1. The summed E-state index contributed by atoms with van der Waals surface area (Å²) in [5.74, 6) is 2.99. The van der Waals surface area contributed by atoms with E-state index in [1.165, 1.54) is 0 Å². The minimum absolute atomic E-state index is 0.00314. The Labute approximate surface area is 100 Å². The maximum atomic E-state index is 5.56. The first-order valence-electron chi connectivity index (χ1n) is 5.68. The van der Waals surface area contributed by atoms with Crippen molar-refractivity contribution in [3.05, 3.63) is 35.4 Å². The molecule has 17 heavy (non-hydrogen) atoms. The smallest absolute Gasteiger partial charge is 0.233 e. The molecule has 2 aromatic heterocycles. The third-order valence-corrected chi connectivity index (χ3v) is 2.60. The predicted molar refractivity (Wildman–Crippen MR) is 62.4 cm³/mol. The average Bonchev–Trinajstić information content (AvgIpc) is 2.87. The molecule has 0 bridgehead atoms. The molecule has 2 aromatic rings. The lowest BCUT2D eigenvalue weighted by Crippen LogP contribution is -2.22. The number of nitrogens with one attached hydrogen (secondary N) is 1. The highest BCUT2D eigenvalue weighted by Crippen LogP contribution is 2.20. The lowest BCUT2D eigenvalue weighted by molar-refractivity contribution is 0.349. The molecular formula is C12H17N3O2. The molecule has 0 radical (unpaired) electrons. The molecule has 2 rings (SSSR count). The Morgan fingerprint density at radius 2 is 1.82 bits per heavy atom. The van der Waals surface area contributed by atoms with Crippen LogP contribution in [0.5, 0.6) is 0 Å². The summed E-state index contributed by atoms with van der Waals surface area (Å²) in [6.45, 7) is 7.74. The zero-order chi connectivity index (χ0) is 12.4. The number of furan rings is 1. The van der Waals surface area contributed by atoms with Crippen LogP contribution in [0.2, 0.25) is 0 Å². The van der Waals surface area contributed by atoms with E-state index in [9.17, 15) is 0 Å². The molecule has 0 fully saturated rings. The quantitative estimate of drug-likeness (QED) is 0.882. The van der Waals surface area contributed by atoms with Gasteiger partial charge in [0.15, 0.2) is 0 Å². The van der Waals surface area contributed by atoms with Crippen molar-refractivity contribution in [1.29, 1.82) is 0 Å². The number of rotatable bonds is 4. The third kappa shape index (κ3) is 2.74. The first kappa shape index (κ1) is 11.9. The Morgan fingerprint density at radius 1 is 1.06 bits per heavy atom. The molecule has 2 atom stereocenters. The summed E-state index contributed by atoms with van der Waals surface area (Å²) in [5.41, 5.74) is 0. The van der Waals surface area contributed by atoms with Gasteiger partial charge < -0.3 is 8.83 Å². The van der Waals surface area contributed by atoms with E-state index in [0.29, 0.717) is 11.8 Å². The molecule has 0 spiro atoms. The number of aryl methyl sites for hydroxylation is 2. The molecule has 0 unspecified atom stereocenters. The highest BCUT2D eigenvalue weighted by atomic mass is 16.4. The third-order valence-electron chi connectivity index (χ3n) is 2.60. The van der Waals surface area contributed by atoms with Crippen molar-refractivity contribution in [2.24, 2.45) is 0 Å². The standard InChI is InChI=1S/C12H17N3O2/c1-7-5-6-11(16-7)8(2)13-9(3)12-15-14-10(4)17-12/h5-6,8-9,13H,1-4H3/t8-,9+/m1/s1. The summed E-state index contributed by atoms with van der Waals surface area (Å²) in [6, 6.07) is 4.02. The minimum atomic E-state index is -0.00314. The second-order valence-corrected chi connectivity index (χ2v) is 4.22. The van der Waals surface area contributed by atoms with Gasteiger partial charge in [-0.1, -0.05) is 0 Å². The molecule has 2 heterocycles. The summed E-state index contributed by atoms with van der Waals surface area (Å²) < 4.78 is 10.9. The van der Waals surface area contributed by atoms with Crippen LogP contribution in [0.15, 0.2) is 21.0 Å². The zero-order valence-corrected chi connectivity index (χ0v) is 10.5. The van der Waals surface area contributed by atoms with E-state index in [1.807, 2.05) is 32.9 Å². The molecule has 1 N–H and O–H groups in total. The summed E-state index contributed by atoms with van der Waals surface area (Å²) >= 11 is 0. The molecular weight excluding hydrogens is 218 g/mol. The maximum Gasteiger partial charge on any atom is 0.233 e. The first-order valence-corrected chi connectivity index (χ1v) is 5.68. The van der Waals surface area contributed by atoms with E-state index in [1.54, 1.807) is 6.92 Å². The van der Waals surface area contributed by atoms with Gasteiger partial charge in [-0.3, -0.25) is 5.32 Å². The average molecular weight is 235 g/mol. The van der Waals surface area contributed by atoms with Crippen molar-refractivity contribution in [3.8, 4) is 0 Å². The molecule has 0 saturated heterocycles. The predicted octanol–water partition coefficient (Wildman–Crippen LogP) is 2.69. The van der Waals surface area contributed by atoms with Crippen molar-refractivity contribution in [3.63, 3.8) is 0 Å². The fourth-order valence-corrected chi connectivity index (χ4v) is 1.70. The van der Waals surface area contributed by atoms with Crippen molar-refractivity contribution in [2.45, 2.75) is 39.8 Å². The number of nitrogens with zero attached hydrogens (tertiary/aromatic N) is 2. The largest absolute Gasteiger partial charge is 0.465 e. The highest BCUT2D eigenvalue weighted by Gasteiger charge is 2.17. The van der Waals surface area contributed by atoms with Gasteiger partial charge in [-0.25, -0.2) is 0 Å². The van der Waals surface area contributed by atoms with Crippen LogP contribution < -0.4 is 5.32 Å². The number of hydrogen-bond donors (Lipinski definition) is 1. The van der Waals surface area contributed by atoms with Gasteiger partial charge in [-0.15, -0.1) is 10.2 Å². The second kappa shape index (κ2) is 4.71. The van der Waals surface area contributed by atoms with Gasteiger partial charge in [-0.2, -0.15) is 0 Å². The number of aromatic nitrogens is 2. The second-order valence-electron chi connectivity index (χ2n) is 4.22. The van der Waals surface area contributed by atoms with Crippen LogP contribution in [0.4, 0.5) is 0 Å². The Kier molecular flexibility index (Phi) is 3.28. The van der Waals surface area contributed by atoms with E-state index in [2.05, 4.69) is 15.5 Å². The molecule has 5 heteroatoms. The van der Waals surface area contributed by atoms with Crippen molar-refractivity contribution < 1.29 is 8.83 Å². The van der Waals surface area contributed by atoms with Gasteiger partial charge in [0.25, 0.3) is 0 Å². The Morgan fingerprint density at radius 3 is 2.35 bits per heavy atom. The summed E-state index contributed by atoms with van der Waals surface area (Å²) in [5, 5.41) is 11.1. The van der Waals surface area contributed by atoms with E-state index < -0.39 is 0 Å². The van der Waals surface area contributed by atoms with Gasteiger partial charge in [0.2, 0.25) is 11.8 Å². The van der Waals surface area contributed by atoms with Crippen LogP contribution >= 0.6 is 0 Å². The normalized spacial score (nSPS) is 14.8. The molecule has 0 aromatic carbocycles. The van der Waals surface area contributed by atoms with Gasteiger partial charge in [-0.05, 0) is 32.9 Å². The van der Waals surface area contributed by atoms with Crippen LogP contribution in [0.1, 0.15) is 49.2 Å². The highest BCUT2D eigenvalue weighted by molar-refractivity contribution is 5.09. The van der Waals surface area contributed by atoms with Gasteiger partial charge >= 0.3 is 0 Å². The Hall–Kier alpha value is -1.62. The minimum Gasteiger partial charge on any atom is -0.465 e. The first-order chi connectivity index (χ1) is 8.06. The van der Waals surface area contributed by atoms with Gasteiger partial charge in [0.1, 0.15) is 11.5 Å². The van der Waals surface area contributed by atoms with E-state index in [0.717, 1.165) is 11.5 Å². The van der Waals surface area contributed by atoms with Gasteiger partial charge in [0.05, 0.1) is 12.1 Å². The number of hydrogen-bond acceptors (Lipinski definition) is 5. The summed E-state index contributed by atoms with van der Waals surface area (Å²) in [6.07, 6.45) is 0. The van der Waals surface area contributed by atoms with Crippen LogP contribution in [0, 0.1) is 13.8 Å². The van der Waals surface area contributed by atoms with Crippen LogP contribution in [-0.2, 0) is 0 Å². The molecule has 92 valence electrons. The monoisotopic (exact) mass is 235 g/mol. The van der Waals surface area contributed by atoms with Crippen molar-refractivity contribution in [1.82, 2.24) is 15.5 Å². The fourth-order valence-electron chi connectivity index (χ4n) is 1.70. The maximum absolute atomic E-state index is 5.56. The molecule has 5 nitrogen and oxygen atoms in total. The van der Waals surface area contributed by atoms with Crippen LogP contribution in [-0.4, -0.2) is 10.2 Å². The topological polar surface area (TPSA) is 64.1 Å². The zero-order valence-electron chi connectivity index (χ0n) is 10.5. The lowest BCUT2D eigenvalue weighted by Gasteiger charge is -2.15. The van der Waals surface area contributed by atoms with Crippen LogP contribution in [0.3, 0.4) is 0 Å². The molecule has 0 amide bonds. The van der Waals surface area contributed by atoms with E-state index >= 15 is 0 Å². The van der Waals surface area contributed by atoms with Crippen molar-refractivity contribution in [2.75, 3.05) is 0 Å². The molecule has 0 aliphatic heterocycles. The fraction of sp³-hybridized carbons (Fsp3) is 0.500. The van der Waals surface area contributed by atoms with Crippen LogP contribution in [0.25, 0.3) is 0 Å². The van der Waals surface area contributed by atoms with E-state index in [4.69, 9.17) is 8.83 Å². The Balaban J connectivity index is 2.01.